The third kappa shape index (κ3) is 2.30. The van der Waals surface area contributed by atoms with Crippen molar-refractivity contribution in [1.82, 2.24) is 15.2 Å². The van der Waals surface area contributed by atoms with Crippen LogP contribution in [0.15, 0.2) is 71.7 Å². The Morgan fingerprint density at radius 1 is 0.967 bits per heavy atom. The second-order valence-corrected chi connectivity index (χ2v) is 7.48. The number of benzene rings is 3. The number of methoxy groups -OCH3 is 1. The highest BCUT2D eigenvalue weighted by Gasteiger charge is 2.33. The average molecular weight is 394 g/mol. The van der Waals surface area contributed by atoms with E-state index < -0.39 is 0 Å². The molecule has 3 N–H and O–H groups in total. The fourth-order valence-corrected chi connectivity index (χ4v) is 4.52. The van der Waals surface area contributed by atoms with E-state index in [1.54, 1.807) is 13.3 Å². The summed E-state index contributed by atoms with van der Waals surface area (Å²) in [6, 6.07) is 19.9. The molecule has 1 aliphatic rings. The zero-order valence-corrected chi connectivity index (χ0v) is 16.2. The summed E-state index contributed by atoms with van der Waals surface area (Å²) < 4.78 is 5.34. The molecular formula is C24H18N4O2. The average Bonchev–Trinajstić information content (AvgIpc) is 3.27. The second-order valence-electron chi connectivity index (χ2n) is 7.48. The number of para-hydroxylation sites is 1. The number of aromatic amines is 2. The van der Waals surface area contributed by atoms with E-state index in [9.17, 15) is 4.79 Å². The van der Waals surface area contributed by atoms with Gasteiger partial charge in [-0.1, -0.05) is 30.3 Å². The van der Waals surface area contributed by atoms with Gasteiger partial charge >= 0.3 is 0 Å². The molecule has 0 spiro atoms. The Morgan fingerprint density at radius 3 is 2.63 bits per heavy atom. The van der Waals surface area contributed by atoms with Crippen LogP contribution in [0.2, 0.25) is 0 Å². The Labute approximate surface area is 171 Å². The van der Waals surface area contributed by atoms with Crippen LogP contribution >= 0.6 is 0 Å². The summed E-state index contributed by atoms with van der Waals surface area (Å²) >= 11 is 0. The number of hydrogen-bond acceptors (Lipinski definition) is 4. The topological polar surface area (TPSA) is 82.8 Å². The summed E-state index contributed by atoms with van der Waals surface area (Å²) in [6.45, 7) is 0. The Kier molecular flexibility index (Phi) is 3.49. The standard InChI is InChI=1S/C24H18N4O2/c1-30-15-9-6-13(7-10-15)19-20-18(11-8-14-12-25-28-22(14)20)26-23-16-4-2-3-5-17(16)27-24(29)21(19)23/h2-12,19,26H,1H3,(H,25,28)(H,27,29). The van der Waals surface area contributed by atoms with Crippen molar-refractivity contribution in [2.75, 3.05) is 12.4 Å². The highest BCUT2D eigenvalue weighted by molar-refractivity contribution is 6.00. The van der Waals surface area contributed by atoms with Gasteiger partial charge in [0.1, 0.15) is 5.75 Å². The van der Waals surface area contributed by atoms with Crippen LogP contribution < -0.4 is 15.6 Å². The quantitative estimate of drug-likeness (QED) is 0.399. The molecule has 0 saturated heterocycles. The first kappa shape index (κ1) is 16.9. The largest absolute Gasteiger partial charge is 0.497 e. The lowest BCUT2D eigenvalue weighted by Crippen LogP contribution is -2.25. The van der Waals surface area contributed by atoms with Crippen molar-refractivity contribution in [2.45, 2.75) is 5.92 Å². The molecule has 0 radical (unpaired) electrons. The third-order valence-corrected chi connectivity index (χ3v) is 5.90. The van der Waals surface area contributed by atoms with Gasteiger partial charge in [0.05, 0.1) is 35.6 Å². The number of anilines is 2. The van der Waals surface area contributed by atoms with Gasteiger partial charge in [0.2, 0.25) is 0 Å². The molecule has 6 nitrogen and oxygen atoms in total. The number of aromatic nitrogens is 3. The maximum Gasteiger partial charge on any atom is 0.254 e. The highest BCUT2D eigenvalue weighted by atomic mass is 16.5. The van der Waals surface area contributed by atoms with Crippen molar-refractivity contribution >= 4 is 33.2 Å². The molecule has 2 aromatic heterocycles. The van der Waals surface area contributed by atoms with Crippen molar-refractivity contribution in [3.63, 3.8) is 0 Å². The minimum absolute atomic E-state index is 0.0980. The van der Waals surface area contributed by atoms with Gasteiger partial charge in [0.25, 0.3) is 5.56 Å². The van der Waals surface area contributed by atoms with Gasteiger partial charge in [-0.3, -0.25) is 9.89 Å². The fourth-order valence-electron chi connectivity index (χ4n) is 4.52. The Morgan fingerprint density at radius 2 is 1.80 bits per heavy atom. The molecule has 0 fully saturated rings. The van der Waals surface area contributed by atoms with E-state index in [4.69, 9.17) is 4.74 Å². The monoisotopic (exact) mass is 394 g/mol. The van der Waals surface area contributed by atoms with E-state index in [0.29, 0.717) is 5.56 Å². The van der Waals surface area contributed by atoms with E-state index in [-0.39, 0.29) is 11.5 Å². The van der Waals surface area contributed by atoms with E-state index in [2.05, 4.69) is 26.6 Å². The van der Waals surface area contributed by atoms with Gasteiger partial charge in [-0.2, -0.15) is 5.10 Å². The summed E-state index contributed by atoms with van der Waals surface area (Å²) in [5.41, 5.74) is 6.20. The zero-order chi connectivity index (χ0) is 20.2. The van der Waals surface area contributed by atoms with E-state index in [0.717, 1.165) is 50.1 Å². The molecule has 6 heteroatoms. The van der Waals surface area contributed by atoms with Gasteiger partial charge in [0.15, 0.2) is 0 Å². The van der Waals surface area contributed by atoms with Gasteiger partial charge in [-0.25, -0.2) is 0 Å². The zero-order valence-electron chi connectivity index (χ0n) is 16.2. The molecule has 0 aliphatic carbocycles. The lowest BCUT2D eigenvalue weighted by Gasteiger charge is -2.30. The number of nitrogens with zero attached hydrogens (tertiary/aromatic N) is 1. The summed E-state index contributed by atoms with van der Waals surface area (Å²) in [7, 11) is 1.65. The number of fused-ring (bicyclic) bond motifs is 6. The number of hydrogen-bond donors (Lipinski definition) is 3. The fraction of sp³-hybridized carbons (Fsp3) is 0.0833. The Bertz CT molecular complexity index is 1480. The molecule has 0 bridgehead atoms. The second kappa shape index (κ2) is 6.22. The van der Waals surface area contributed by atoms with Gasteiger partial charge < -0.3 is 15.0 Å². The van der Waals surface area contributed by atoms with Crippen molar-refractivity contribution in [3.8, 4) is 5.75 Å². The molecular weight excluding hydrogens is 376 g/mol. The summed E-state index contributed by atoms with van der Waals surface area (Å²) in [5.74, 6) is 0.528. The minimum atomic E-state index is -0.250. The van der Waals surface area contributed by atoms with Crippen molar-refractivity contribution in [1.29, 1.82) is 0 Å². The van der Waals surface area contributed by atoms with E-state index in [1.807, 2.05) is 54.6 Å². The number of pyridine rings is 1. The molecule has 0 amide bonds. The van der Waals surface area contributed by atoms with Gasteiger partial charge in [0, 0.05) is 27.9 Å². The van der Waals surface area contributed by atoms with Crippen LogP contribution in [0.1, 0.15) is 22.6 Å². The predicted octanol–water partition coefficient (Wildman–Crippen LogP) is 4.65. The maximum atomic E-state index is 13.3. The highest BCUT2D eigenvalue weighted by Crippen LogP contribution is 2.47. The van der Waals surface area contributed by atoms with Crippen LogP contribution in [0.5, 0.6) is 5.75 Å². The molecule has 5 aromatic rings. The predicted molar refractivity (Wildman–Crippen MR) is 118 cm³/mol. The SMILES string of the molecule is COc1ccc(C2c3c(c4ccccc4[nH]c3=O)Nc3ccc4cn[nH]c4c32)cc1. The molecule has 1 atom stereocenters. The van der Waals surface area contributed by atoms with Gasteiger partial charge in [-0.15, -0.1) is 0 Å². The van der Waals surface area contributed by atoms with Crippen LogP contribution in [0.3, 0.4) is 0 Å². The lowest BCUT2D eigenvalue weighted by molar-refractivity contribution is 0.414. The Balaban J connectivity index is 1.72. The van der Waals surface area contributed by atoms with Crippen molar-refractivity contribution in [3.05, 3.63) is 93.9 Å². The first-order valence-electron chi connectivity index (χ1n) is 9.76. The molecule has 30 heavy (non-hydrogen) atoms. The first-order chi connectivity index (χ1) is 14.7. The number of ether oxygens (including phenoxy) is 1. The van der Waals surface area contributed by atoms with Crippen molar-refractivity contribution < 1.29 is 4.74 Å². The van der Waals surface area contributed by atoms with Crippen LogP contribution in [-0.4, -0.2) is 22.3 Å². The van der Waals surface area contributed by atoms with E-state index in [1.165, 1.54) is 0 Å². The molecule has 146 valence electrons. The normalized spacial score (nSPS) is 14.9. The summed E-state index contributed by atoms with van der Waals surface area (Å²) in [5, 5.41) is 12.9. The molecule has 0 saturated carbocycles. The Hall–Kier alpha value is -4.06. The number of H-pyrrole nitrogens is 2. The van der Waals surface area contributed by atoms with Crippen LogP contribution in [0.25, 0.3) is 21.8 Å². The first-order valence-corrected chi connectivity index (χ1v) is 9.76. The number of rotatable bonds is 2. The van der Waals surface area contributed by atoms with Crippen molar-refractivity contribution in [2.24, 2.45) is 0 Å². The molecule has 1 unspecified atom stereocenters. The van der Waals surface area contributed by atoms with Crippen LogP contribution in [-0.2, 0) is 0 Å². The minimum Gasteiger partial charge on any atom is -0.497 e. The van der Waals surface area contributed by atoms with Crippen LogP contribution in [0.4, 0.5) is 11.4 Å². The molecule has 3 aromatic carbocycles. The third-order valence-electron chi connectivity index (χ3n) is 5.90. The summed E-state index contributed by atoms with van der Waals surface area (Å²) in [6.07, 6.45) is 1.81. The smallest absolute Gasteiger partial charge is 0.254 e. The molecule has 1 aliphatic heterocycles. The summed E-state index contributed by atoms with van der Waals surface area (Å²) in [4.78, 5) is 16.4. The maximum absolute atomic E-state index is 13.3. The van der Waals surface area contributed by atoms with E-state index >= 15 is 0 Å². The molecule has 6 rings (SSSR count). The number of nitrogens with one attached hydrogen (secondary N) is 3. The van der Waals surface area contributed by atoms with Crippen LogP contribution in [0, 0.1) is 0 Å². The van der Waals surface area contributed by atoms with Gasteiger partial charge in [-0.05, 0) is 35.9 Å². The lowest BCUT2D eigenvalue weighted by atomic mass is 9.80. The molecule has 3 heterocycles.